The van der Waals surface area contributed by atoms with Crippen molar-refractivity contribution < 1.29 is 44.0 Å². The molecule has 0 saturated carbocycles. The SMILES string of the molecule is C[C@@H]1COCCN1c1cc(Cl)nc(-c2cc(F)cc3[nH]ccc23)n1.Cc1cc(-c2cc(N3CCOC[C@H]3C)nc(-c3cc(F)cc4[nH]ccc34)n2)n(C)n1.F.[CH3-].[W]. The summed E-state index contributed by atoms with van der Waals surface area (Å²) in [6.07, 6.45) is 3.57. The Morgan fingerprint density at radius 2 is 1.25 bits per heavy atom. The number of fused-ring (bicyclic) bond motifs is 2. The second kappa shape index (κ2) is 18.2. The minimum atomic E-state index is -0.343. The molecule has 7 heterocycles. The van der Waals surface area contributed by atoms with Gasteiger partial charge in [-0.15, -0.1) is 0 Å². The predicted molar refractivity (Wildman–Crippen MR) is 215 cm³/mol. The zero-order valence-corrected chi connectivity index (χ0v) is 35.8. The van der Waals surface area contributed by atoms with E-state index in [-0.39, 0.29) is 56.9 Å². The normalized spacial score (nSPS) is 16.7. The standard InChI is InChI=1S/C22H23FN6O.C17H16ClFN4O.CH3.FH.W/c1-13-8-20(28(3)27-13)19-11-21(29-6-7-30-12-14(29)2)26-22(25-19)17-9-15(23)10-18-16(17)4-5-24-18;1-10-9-24-5-4-23(10)16-8-15(18)21-17(22-16)13-6-11(19)7-14-12(13)2-3-20-14;;;/h4-5,8-11,14,24H,6-7,12H2,1-3H3;2-3,6-8,10,20H,4-5,9H2,1H3;1H3;1H;/q;;-1;;/t14-;10-;;;/m11.../s1. The van der Waals surface area contributed by atoms with Crippen LogP contribution in [0.4, 0.5) is 25.1 Å². The zero-order chi connectivity index (χ0) is 37.5. The summed E-state index contributed by atoms with van der Waals surface area (Å²) < 4.78 is 41.2. The number of aromatic amines is 2. The molecule has 2 aliphatic rings. The predicted octanol–water partition coefficient (Wildman–Crippen LogP) is 7.94. The van der Waals surface area contributed by atoms with Crippen LogP contribution in [0, 0.1) is 26.0 Å². The molecule has 2 atom stereocenters. The van der Waals surface area contributed by atoms with Crippen molar-refractivity contribution in [3.8, 4) is 34.2 Å². The first-order chi connectivity index (χ1) is 26.1. The Morgan fingerprint density at radius 3 is 1.74 bits per heavy atom. The van der Waals surface area contributed by atoms with Gasteiger partial charge in [0.1, 0.15) is 28.4 Å². The van der Waals surface area contributed by atoms with Gasteiger partial charge < -0.3 is 36.7 Å². The van der Waals surface area contributed by atoms with E-state index in [1.807, 2.05) is 42.9 Å². The van der Waals surface area contributed by atoms with Gasteiger partial charge in [-0.1, -0.05) is 11.6 Å². The third kappa shape index (κ3) is 9.01. The molecule has 0 bridgehead atoms. The van der Waals surface area contributed by atoms with Crippen molar-refractivity contribution in [2.24, 2.45) is 7.05 Å². The van der Waals surface area contributed by atoms with E-state index in [2.05, 4.69) is 48.7 Å². The van der Waals surface area contributed by atoms with Crippen molar-refractivity contribution in [2.45, 2.75) is 32.9 Å². The van der Waals surface area contributed by atoms with Gasteiger partial charge in [-0.05, 0) is 63.2 Å². The summed E-state index contributed by atoms with van der Waals surface area (Å²) in [6.45, 7) is 10.2. The van der Waals surface area contributed by atoms with Crippen LogP contribution >= 0.6 is 11.6 Å². The molecule has 57 heavy (non-hydrogen) atoms. The molecule has 12 nitrogen and oxygen atoms in total. The van der Waals surface area contributed by atoms with Gasteiger partial charge in [0.25, 0.3) is 0 Å². The Morgan fingerprint density at radius 1 is 0.737 bits per heavy atom. The van der Waals surface area contributed by atoms with Crippen molar-refractivity contribution in [2.75, 3.05) is 49.3 Å². The van der Waals surface area contributed by atoms with E-state index in [1.165, 1.54) is 24.3 Å². The van der Waals surface area contributed by atoms with Crippen molar-refractivity contribution in [3.05, 3.63) is 96.9 Å². The molecule has 7 aromatic rings. The summed E-state index contributed by atoms with van der Waals surface area (Å²) in [5, 5.41) is 6.54. The smallest absolute Gasteiger partial charge is 0.163 e. The van der Waals surface area contributed by atoms with Crippen LogP contribution in [0.1, 0.15) is 19.5 Å². The average molecular weight is 972 g/mol. The number of aromatic nitrogens is 8. The third-order valence-electron chi connectivity index (χ3n) is 9.73. The molecule has 0 unspecified atom stereocenters. The fourth-order valence-electron chi connectivity index (χ4n) is 7.13. The summed E-state index contributed by atoms with van der Waals surface area (Å²) in [5.74, 6) is 1.77. The molecule has 0 amide bonds. The maximum atomic E-state index is 14.4. The van der Waals surface area contributed by atoms with Crippen LogP contribution in [0.25, 0.3) is 56.0 Å². The van der Waals surface area contributed by atoms with Gasteiger partial charge in [0.15, 0.2) is 11.6 Å². The molecule has 2 fully saturated rings. The number of benzene rings is 2. The zero-order valence-electron chi connectivity index (χ0n) is 32.1. The van der Waals surface area contributed by atoms with Crippen LogP contribution in [0.5, 0.6) is 0 Å². The first kappa shape index (κ1) is 43.3. The van der Waals surface area contributed by atoms with E-state index >= 15 is 0 Å². The van der Waals surface area contributed by atoms with Gasteiger partial charge in [0.05, 0.1) is 55.6 Å². The van der Waals surface area contributed by atoms with Crippen LogP contribution in [0.2, 0.25) is 5.15 Å². The number of halogens is 4. The largest absolute Gasteiger partial charge is 0.377 e. The summed E-state index contributed by atoms with van der Waals surface area (Å²) >= 11 is 6.22. The minimum absolute atomic E-state index is 0. The first-order valence-electron chi connectivity index (χ1n) is 17.8. The molecule has 2 N–H and O–H groups in total. The Hall–Kier alpha value is -4.82. The van der Waals surface area contributed by atoms with Gasteiger partial charge in [-0.2, -0.15) is 5.10 Å². The Kier molecular flexibility index (Phi) is 13.8. The van der Waals surface area contributed by atoms with Crippen LogP contribution in [0.15, 0.2) is 67.0 Å². The molecule has 17 heteroatoms. The van der Waals surface area contributed by atoms with E-state index in [4.69, 9.17) is 31.0 Å². The summed E-state index contributed by atoms with van der Waals surface area (Å²) in [6, 6.07) is 15.8. The fourth-order valence-corrected chi connectivity index (χ4v) is 7.30. The monoisotopic (exact) mass is 971 g/mol. The Balaban J connectivity index is 0.000000211. The molecule has 300 valence electrons. The molecule has 2 aromatic carbocycles. The van der Waals surface area contributed by atoms with Gasteiger partial charge in [0.2, 0.25) is 0 Å². The van der Waals surface area contributed by atoms with Crippen LogP contribution < -0.4 is 9.80 Å². The number of hydrogen-bond acceptors (Lipinski definition) is 9. The van der Waals surface area contributed by atoms with Gasteiger partial charge in [-0.25, -0.2) is 28.7 Å². The first-order valence-corrected chi connectivity index (χ1v) is 18.2. The number of anilines is 2. The van der Waals surface area contributed by atoms with E-state index in [0.29, 0.717) is 59.9 Å². The molecule has 0 spiro atoms. The second-order valence-corrected chi connectivity index (χ2v) is 14.0. The number of ether oxygens (including phenoxy) is 2. The molecule has 0 radical (unpaired) electrons. The quantitative estimate of drug-likeness (QED) is 0.131. The topological polar surface area (TPSA) is 126 Å². The average Bonchev–Trinajstić information content (AvgIpc) is 3.91. The van der Waals surface area contributed by atoms with Gasteiger partial charge >= 0.3 is 0 Å². The second-order valence-electron chi connectivity index (χ2n) is 13.6. The van der Waals surface area contributed by atoms with Gasteiger partial charge in [-0.3, -0.25) is 9.39 Å². The number of H-pyrrole nitrogens is 2. The number of rotatable bonds is 5. The molecule has 5 aromatic heterocycles. The molecule has 2 saturated heterocycles. The van der Waals surface area contributed by atoms with Crippen molar-refractivity contribution in [1.82, 2.24) is 39.7 Å². The van der Waals surface area contributed by atoms with Crippen LogP contribution in [0.3, 0.4) is 0 Å². The maximum Gasteiger partial charge on any atom is 0.163 e. The number of nitrogens with one attached hydrogen (secondary N) is 2. The number of morpholine rings is 2. The van der Waals surface area contributed by atoms with Crippen molar-refractivity contribution in [3.63, 3.8) is 0 Å². The molecule has 2 aliphatic heterocycles. The molecule has 9 rings (SSSR count). The maximum absolute atomic E-state index is 14.4. The molecule has 0 aliphatic carbocycles. The van der Waals surface area contributed by atoms with Crippen LogP contribution in [-0.4, -0.2) is 91.3 Å². The van der Waals surface area contributed by atoms with E-state index in [0.717, 1.165) is 58.1 Å². The van der Waals surface area contributed by atoms with E-state index < -0.39 is 0 Å². The summed E-state index contributed by atoms with van der Waals surface area (Å²) in [7, 11) is 1.90. The number of hydrogen-bond donors (Lipinski definition) is 2. The van der Waals surface area contributed by atoms with Crippen LogP contribution in [-0.2, 0) is 37.6 Å². The van der Waals surface area contributed by atoms with Crippen molar-refractivity contribution in [1.29, 1.82) is 0 Å². The Labute approximate surface area is 347 Å². The number of aryl methyl sites for hydroxylation is 2. The summed E-state index contributed by atoms with van der Waals surface area (Å²) in [4.78, 5) is 29.1. The van der Waals surface area contributed by atoms with E-state index in [9.17, 15) is 8.78 Å². The Bertz CT molecular complexity index is 2480. The third-order valence-corrected chi connectivity index (χ3v) is 9.92. The minimum Gasteiger partial charge on any atom is -0.377 e. The number of nitrogens with zero attached hydrogens (tertiary/aromatic N) is 8. The fraction of sp³-hybridized carbons (Fsp3) is 0.300. The van der Waals surface area contributed by atoms with Gasteiger partial charge in [0, 0.05) is 98.7 Å². The molecular formula is C40H43ClF3N10O2W-. The molecular weight excluding hydrogens is 929 g/mol. The van der Waals surface area contributed by atoms with E-state index in [1.54, 1.807) is 18.5 Å². The van der Waals surface area contributed by atoms with Crippen molar-refractivity contribution >= 4 is 45.0 Å². The summed E-state index contributed by atoms with van der Waals surface area (Å²) in [5.41, 5.74) is 5.26.